The summed E-state index contributed by atoms with van der Waals surface area (Å²) in [5.41, 5.74) is 0. The molecule has 1 N–H and O–H groups in total. The lowest BCUT2D eigenvalue weighted by Gasteiger charge is -2.04. The molecule has 0 saturated carbocycles. The smallest absolute Gasteiger partial charge is 0.365 e. The van der Waals surface area contributed by atoms with Gasteiger partial charge in [0, 0.05) is 6.54 Å². The molecule has 1 aromatic rings. The summed E-state index contributed by atoms with van der Waals surface area (Å²) in [4.78, 5) is 0. The lowest BCUT2D eigenvalue weighted by atomic mass is 10.5. The Labute approximate surface area is 94.8 Å². The van der Waals surface area contributed by atoms with Crippen LogP contribution in [-0.2, 0) is 11.3 Å². The van der Waals surface area contributed by atoms with E-state index in [2.05, 4.69) is 20.3 Å². The van der Waals surface area contributed by atoms with Crippen molar-refractivity contribution in [2.24, 2.45) is 0 Å². The molecule has 92 valence electrons. The van der Waals surface area contributed by atoms with Crippen LogP contribution < -0.4 is 5.32 Å². The standard InChI is InChI=1S/C8H12F3N3OS/c1-2-3-12-7-14-13-6(16-7)4-15-5-8(9,10)11/h2-5H2,1H3,(H,12,14). The molecule has 16 heavy (non-hydrogen) atoms. The van der Waals surface area contributed by atoms with E-state index in [-0.39, 0.29) is 6.61 Å². The van der Waals surface area contributed by atoms with Gasteiger partial charge in [-0.3, -0.25) is 0 Å². The number of rotatable bonds is 6. The molecule has 1 heterocycles. The van der Waals surface area contributed by atoms with E-state index in [4.69, 9.17) is 0 Å². The molecule has 8 heteroatoms. The molecule has 4 nitrogen and oxygen atoms in total. The van der Waals surface area contributed by atoms with Crippen molar-refractivity contribution in [1.29, 1.82) is 0 Å². The fraction of sp³-hybridized carbons (Fsp3) is 0.750. The highest BCUT2D eigenvalue weighted by molar-refractivity contribution is 7.15. The van der Waals surface area contributed by atoms with Gasteiger partial charge < -0.3 is 10.1 Å². The summed E-state index contributed by atoms with van der Waals surface area (Å²) in [6.07, 6.45) is -3.35. The lowest BCUT2D eigenvalue weighted by molar-refractivity contribution is -0.176. The highest BCUT2D eigenvalue weighted by Crippen LogP contribution is 2.18. The molecule has 0 aromatic carbocycles. The van der Waals surface area contributed by atoms with Crippen LogP contribution in [-0.4, -0.2) is 29.5 Å². The van der Waals surface area contributed by atoms with Crippen molar-refractivity contribution >= 4 is 16.5 Å². The van der Waals surface area contributed by atoms with Crippen molar-refractivity contribution in [3.8, 4) is 0 Å². The van der Waals surface area contributed by atoms with E-state index in [1.165, 1.54) is 11.3 Å². The van der Waals surface area contributed by atoms with Crippen LogP contribution >= 0.6 is 11.3 Å². The number of nitrogens with zero attached hydrogens (tertiary/aromatic N) is 2. The van der Waals surface area contributed by atoms with Crippen LogP contribution in [0.5, 0.6) is 0 Å². The van der Waals surface area contributed by atoms with Gasteiger partial charge in [-0.2, -0.15) is 13.2 Å². The summed E-state index contributed by atoms with van der Waals surface area (Å²) in [6.45, 7) is 1.34. The van der Waals surface area contributed by atoms with Gasteiger partial charge >= 0.3 is 6.18 Å². The first-order chi connectivity index (χ1) is 7.51. The van der Waals surface area contributed by atoms with Gasteiger partial charge in [-0.15, -0.1) is 10.2 Å². The average molecular weight is 255 g/mol. The maximum Gasteiger partial charge on any atom is 0.411 e. The molecule has 0 aliphatic carbocycles. The Morgan fingerprint density at radius 1 is 1.38 bits per heavy atom. The van der Waals surface area contributed by atoms with Crippen LogP contribution in [0.1, 0.15) is 18.4 Å². The van der Waals surface area contributed by atoms with Crippen molar-refractivity contribution in [2.75, 3.05) is 18.5 Å². The zero-order valence-electron chi connectivity index (χ0n) is 8.67. The molecule has 1 rings (SSSR count). The zero-order chi connectivity index (χ0) is 12.0. The van der Waals surface area contributed by atoms with Gasteiger partial charge in [0.1, 0.15) is 18.2 Å². The number of anilines is 1. The monoisotopic (exact) mass is 255 g/mol. The van der Waals surface area contributed by atoms with Gasteiger partial charge in [0.15, 0.2) is 0 Å². The fourth-order valence-electron chi connectivity index (χ4n) is 0.869. The fourth-order valence-corrected chi connectivity index (χ4v) is 1.57. The van der Waals surface area contributed by atoms with Crippen molar-refractivity contribution in [3.05, 3.63) is 5.01 Å². The van der Waals surface area contributed by atoms with Gasteiger partial charge in [0.25, 0.3) is 0 Å². The number of ether oxygens (including phenoxy) is 1. The lowest BCUT2D eigenvalue weighted by Crippen LogP contribution is -2.16. The van der Waals surface area contributed by atoms with Crippen molar-refractivity contribution in [1.82, 2.24) is 10.2 Å². The van der Waals surface area contributed by atoms with Crippen LogP contribution in [0.3, 0.4) is 0 Å². The van der Waals surface area contributed by atoms with Crippen LogP contribution in [0.4, 0.5) is 18.3 Å². The normalized spacial score (nSPS) is 11.8. The molecule has 0 amide bonds. The summed E-state index contributed by atoms with van der Waals surface area (Å²) in [5, 5.41) is 11.5. The quantitative estimate of drug-likeness (QED) is 0.848. The topological polar surface area (TPSA) is 47.0 Å². The number of nitrogens with one attached hydrogen (secondary N) is 1. The van der Waals surface area contributed by atoms with E-state index in [0.29, 0.717) is 10.1 Å². The highest BCUT2D eigenvalue weighted by atomic mass is 32.1. The Bertz CT molecular complexity index is 316. The Kier molecular flexibility index (Phi) is 4.94. The van der Waals surface area contributed by atoms with E-state index in [1.54, 1.807) is 0 Å². The Morgan fingerprint density at radius 3 is 2.75 bits per heavy atom. The molecular formula is C8H12F3N3OS. The van der Waals surface area contributed by atoms with E-state index < -0.39 is 12.8 Å². The molecule has 0 spiro atoms. The van der Waals surface area contributed by atoms with Gasteiger partial charge in [0.2, 0.25) is 5.13 Å². The van der Waals surface area contributed by atoms with Crippen LogP contribution in [0, 0.1) is 0 Å². The summed E-state index contributed by atoms with van der Waals surface area (Å²) >= 11 is 1.20. The first-order valence-electron chi connectivity index (χ1n) is 4.72. The second kappa shape index (κ2) is 6.00. The maximum atomic E-state index is 11.8. The summed E-state index contributed by atoms with van der Waals surface area (Å²) in [6, 6.07) is 0. The largest absolute Gasteiger partial charge is 0.411 e. The van der Waals surface area contributed by atoms with Gasteiger partial charge in [-0.1, -0.05) is 18.3 Å². The summed E-state index contributed by atoms with van der Waals surface area (Å²) in [5.74, 6) is 0. The SMILES string of the molecule is CCCNc1nnc(COCC(F)(F)F)s1. The van der Waals surface area contributed by atoms with Crippen LogP contribution in [0.15, 0.2) is 0 Å². The highest BCUT2D eigenvalue weighted by Gasteiger charge is 2.27. The molecule has 0 aliphatic rings. The Hall–Kier alpha value is -0.890. The van der Waals surface area contributed by atoms with Crippen LogP contribution in [0.2, 0.25) is 0 Å². The Morgan fingerprint density at radius 2 is 2.12 bits per heavy atom. The molecule has 0 aliphatic heterocycles. The molecule has 0 unspecified atom stereocenters. The van der Waals surface area contributed by atoms with Crippen LogP contribution in [0.25, 0.3) is 0 Å². The molecule has 0 radical (unpaired) electrons. The van der Waals surface area contributed by atoms with Crippen molar-refractivity contribution in [2.45, 2.75) is 26.1 Å². The molecule has 1 aromatic heterocycles. The van der Waals surface area contributed by atoms with E-state index in [0.717, 1.165) is 13.0 Å². The van der Waals surface area contributed by atoms with Gasteiger partial charge in [-0.05, 0) is 6.42 Å². The first kappa shape index (κ1) is 13.2. The second-order valence-corrected chi connectivity index (χ2v) is 4.10. The molecule has 0 fully saturated rings. The third-order valence-corrected chi connectivity index (χ3v) is 2.34. The van der Waals surface area contributed by atoms with E-state index in [1.807, 2.05) is 6.92 Å². The van der Waals surface area contributed by atoms with Gasteiger partial charge in [0.05, 0.1) is 0 Å². The maximum absolute atomic E-state index is 11.8. The number of aromatic nitrogens is 2. The minimum atomic E-state index is -4.30. The number of halogens is 3. The number of hydrogen-bond donors (Lipinski definition) is 1. The van der Waals surface area contributed by atoms with Crippen molar-refractivity contribution in [3.63, 3.8) is 0 Å². The summed E-state index contributed by atoms with van der Waals surface area (Å²) in [7, 11) is 0. The predicted octanol–water partition coefficient (Wildman–Crippen LogP) is 2.44. The van der Waals surface area contributed by atoms with Gasteiger partial charge in [-0.25, -0.2) is 0 Å². The molecule has 0 bridgehead atoms. The van der Waals surface area contributed by atoms with E-state index >= 15 is 0 Å². The molecular weight excluding hydrogens is 243 g/mol. The third-order valence-electron chi connectivity index (χ3n) is 1.48. The minimum absolute atomic E-state index is 0.162. The Balaban J connectivity index is 2.29. The predicted molar refractivity (Wildman–Crippen MR) is 54.4 cm³/mol. The first-order valence-corrected chi connectivity index (χ1v) is 5.53. The average Bonchev–Trinajstić information content (AvgIpc) is 2.61. The molecule has 0 atom stereocenters. The minimum Gasteiger partial charge on any atom is -0.365 e. The number of hydrogen-bond acceptors (Lipinski definition) is 5. The molecule has 0 saturated heterocycles. The zero-order valence-corrected chi connectivity index (χ0v) is 9.49. The summed E-state index contributed by atoms with van der Waals surface area (Å²) < 4.78 is 39.7. The van der Waals surface area contributed by atoms with E-state index in [9.17, 15) is 13.2 Å². The number of alkyl halides is 3. The van der Waals surface area contributed by atoms with Crippen molar-refractivity contribution < 1.29 is 17.9 Å². The second-order valence-electron chi connectivity index (χ2n) is 3.04. The third kappa shape index (κ3) is 5.26.